The minimum Gasteiger partial charge on any atom is -0.308 e. The zero-order chi connectivity index (χ0) is 10.4. The minimum atomic E-state index is 0.700. The standard InChI is InChI=1S/C11H21N3/c1-13(2)10-11-6-5-9-14(11)8-4-3-7-12/h11H,3-6,8-10H2,1-2H3. The van der Waals surface area contributed by atoms with Crippen molar-refractivity contribution in [2.75, 3.05) is 33.7 Å². The molecule has 1 heterocycles. The largest absolute Gasteiger partial charge is 0.308 e. The second-order valence-electron chi connectivity index (χ2n) is 4.36. The quantitative estimate of drug-likeness (QED) is 0.620. The predicted molar refractivity (Wildman–Crippen MR) is 58.0 cm³/mol. The van der Waals surface area contributed by atoms with Gasteiger partial charge in [-0.05, 0) is 46.4 Å². The van der Waals surface area contributed by atoms with E-state index in [2.05, 4.69) is 30.0 Å². The first kappa shape index (κ1) is 11.5. The molecular weight excluding hydrogens is 174 g/mol. The van der Waals surface area contributed by atoms with Crippen molar-refractivity contribution in [1.82, 2.24) is 9.80 Å². The molecule has 0 N–H and O–H groups in total. The van der Waals surface area contributed by atoms with Crippen LogP contribution >= 0.6 is 0 Å². The third-order valence-electron chi connectivity index (χ3n) is 2.81. The van der Waals surface area contributed by atoms with Gasteiger partial charge in [0.15, 0.2) is 0 Å². The van der Waals surface area contributed by atoms with Gasteiger partial charge in [0, 0.05) is 19.0 Å². The highest BCUT2D eigenvalue weighted by Crippen LogP contribution is 2.17. The van der Waals surface area contributed by atoms with E-state index >= 15 is 0 Å². The zero-order valence-corrected chi connectivity index (χ0v) is 9.37. The normalized spacial score (nSPS) is 22.9. The molecule has 0 aromatic heterocycles. The second-order valence-corrected chi connectivity index (χ2v) is 4.36. The Bertz CT molecular complexity index is 195. The Kier molecular flexibility index (Phi) is 4.92. The summed E-state index contributed by atoms with van der Waals surface area (Å²) in [4.78, 5) is 4.80. The van der Waals surface area contributed by atoms with Gasteiger partial charge < -0.3 is 4.90 Å². The molecule has 1 atom stereocenters. The predicted octanol–water partition coefficient (Wildman–Crippen LogP) is 1.32. The Morgan fingerprint density at radius 2 is 2.29 bits per heavy atom. The van der Waals surface area contributed by atoms with Crippen LogP contribution in [0.25, 0.3) is 0 Å². The molecule has 0 bridgehead atoms. The van der Waals surface area contributed by atoms with Crippen molar-refractivity contribution in [3.8, 4) is 6.07 Å². The third-order valence-corrected chi connectivity index (χ3v) is 2.81. The number of unbranched alkanes of at least 4 members (excludes halogenated alkanes) is 1. The van der Waals surface area contributed by atoms with Crippen molar-refractivity contribution in [1.29, 1.82) is 5.26 Å². The van der Waals surface area contributed by atoms with Crippen LogP contribution in [0.4, 0.5) is 0 Å². The molecule has 0 aromatic rings. The molecule has 1 fully saturated rings. The van der Waals surface area contributed by atoms with E-state index in [1.54, 1.807) is 0 Å². The van der Waals surface area contributed by atoms with Gasteiger partial charge in [0.1, 0.15) is 0 Å². The molecule has 1 unspecified atom stereocenters. The number of likely N-dealkylation sites (N-methyl/N-ethyl adjacent to an activating group) is 1. The first-order valence-electron chi connectivity index (χ1n) is 5.49. The Labute approximate surface area is 87.3 Å². The molecule has 0 saturated carbocycles. The maximum atomic E-state index is 8.47. The van der Waals surface area contributed by atoms with E-state index in [0.717, 1.165) is 25.6 Å². The highest BCUT2D eigenvalue weighted by atomic mass is 15.2. The van der Waals surface area contributed by atoms with Crippen LogP contribution in [0.1, 0.15) is 25.7 Å². The third kappa shape index (κ3) is 3.65. The lowest BCUT2D eigenvalue weighted by molar-refractivity contribution is 0.206. The van der Waals surface area contributed by atoms with Crippen LogP contribution in [-0.2, 0) is 0 Å². The van der Waals surface area contributed by atoms with E-state index < -0.39 is 0 Å². The van der Waals surface area contributed by atoms with E-state index in [9.17, 15) is 0 Å². The summed E-state index contributed by atoms with van der Waals surface area (Å²) >= 11 is 0. The molecule has 1 aliphatic heterocycles. The van der Waals surface area contributed by atoms with Crippen LogP contribution in [0.15, 0.2) is 0 Å². The van der Waals surface area contributed by atoms with Crippen LogP contribution in [0, 0.1) is 11.3 Å². The number of likely N-dealkylation sites (tertiary alicyclic amines) is 1. The van der Waals surface area contributed by atoms with Crippen LogP contribution < -0.4 is 0 Å². The molecule has 80 valence electrons. The van der Waals surface area contributed by atoms with E-state index in [4.69, 9.17) is 5.26 Å². The number of nitriles is 1. The van der Waals surface area contributed by atoms with Gasteiger partial charge in [0.2, 0.25) is 0 Å². The Morgan fingerprint density at radius 3 is 2.93 bits per heavy atom. The average molecular weight is 195 g/mol. The molecule has 0 amide bonds. The molecule has 3 heteroatoms. The molecular formula is C11H21N3. The van der Waals surface area contributed by atoms with Crippen LogP contribution in [0.5, 0.6) is 0 Å². The fraction of sp³-hybridized carbons (Fsp3) is 0.909. The smallest absolute Gasteiger partial charge is 0.0622 e. The van der Waals surface area contributed by atoms with Crippen LogP contribution in [-0.4, -0.2) is 49.6 Å². The maximum absolute atomic E-state index is 8.47. The second kappa shape index (κ2) is 6.00. The SMILES string of the molecule is CN(C)CC1CCCN1CCCC#N. The van der Waals surface area contributed by atoms with Gasteiger partial charge in [-0.25, -0.2) is 0 Å². The van der Waals surface area contributed by atoms with Crippen LogP contribution in [0.2, 0.25) is 0 Å². The zero-order valence-electron chi connectivity index (χ0n) is 9.37. The van der Waals surface area contributed by atoms with Crippen molar-refractivity contribution < 1.29 is 0 Å². The van der Waals surface area contributed by atoms with E-state index in [0.29, 0.717) is 6.42 Å². The van der Waals surface area contributed by atoms with Crippen molar-refractivity contribution in [2.24, 2.45) is 0 Å². The maximum Gasteiger partial charge on any atom is 0.0622 e. The molecule has 0 aromatic carbocycles. The fourth-order valence-electron chi connectivity index (χ4n) is 2.18. The van der Waals surface area contributed by atoms with Gasteiger partial charge in [-0.2, -0.15) is 5.26 Å². The summed E-state index contributed by atoms with van der Waals surface area (Å²) in [6, 6.07) is 2.94. The fourth-order valence-corrected chi connectivity index (χ4v) is 2.18. The Hall–Kier alpha value is -0.590. The summed E-state index contributed by atoms with van der Waals surface area (Å²) in [5.74, 6) is 0. The van der Waals surface area contributed by atoms with E-state index in [-0.39, 0.29) is 0 Å². The summed E-state index contributed by atoms with van der Waals surface area (Å²) in [6.45, 7) is 3.49. The number of hydrogen-bond acceptors (Lipinski definition) is 3. The summed E-state index contributed by atoms with van der Waals surface area (Å²) < 4.78 is 0. The summed E-state index contributed by atoms with van der Waals surface area (Å²) in [5, 5.41) is 8.47. The van der Waals surface area contributed by atoms with Gasteiger partial charge >= 0.3 is 0 Å². The topological polar surface area (TPSA) is 30.3 Å². The van der Waals surface area contributed by atoms with Crippen molar-refractivity contribution in [3.05, 3.63) is 0 Å². The molecule has 0 radical (unpaired) electrons. The molecule has 0 spiro atoms. The summed E-state index contributed by atoms with van der Waals surface area (Å²) in [5.41, 5.74) is 0. The highest BCUT2D eigenvalue weighted by Gasteiger charge is 2.23. The lowest BCUT2D eigenvalue weighted by Crippen LogP contribution is -2.37. The molecule has 1 saturated heterocycles. The first-order valence-corrected chi connectivity index (χ1v) is 5.49. The molecule has 0 aliphatic carbocycles. The molecule has 1 rings (SSSR count). The van der Waals surface area contributed by atoms with Gasteiger partial charge in [0.05, 0.1) is 6.07 Å². The van der Waals surface area contributed by atoms with Crippen molar-refractivity contribution in [2.45, 2.75) is 31.7 Å². The monoisotopic (exact) mass is 195 g/mol. The van der Waals surface area contributed by atoms with Gasteiger partial charge in [-0.15, -0.1) is 0 Å². The van der Waals surface area contributed by atoms with Gasteiger partial charge in [0.25, 0.3) is 0 Å². The van der Waals surface area contributed by atoms with Gasteiger partial charge in [-0.3, -0.25) is 4.90 Å². The van der Waals surface area contributed by atoms with Crippen LogP contribution in [0.3, 0.4) is 0 Å². The van der Waals surface area contributed by atoms with E-state index in [1.807, 2.05) is 0 Å². The van der Waals surface area contributed by atoms with Crippen molar-refractivity contribution in [3.63, 3.8) is 0 Å². The lowest BCUT2D eigenvalue weighted by Gasteiger charge is -2.26. The van der Waals surface area contributed by atoms with Crippen molar-refractivity contribution >= 4 is 0 Å². The molecule has 3 nitrogen and oxygen atoms in total. The molecule has 14 heavy (non-hydrogen) atoms. The summed E-state index contributed by atoms with van der Waals surface area (Å²) in [7, 11) is 4.26. The number of hydrogen-bond donors (Lipinski definition) is 0. The molecule has 1 aliphatic rings. The minimum absolute atomic E-state index is 0.700. The first-order chi connectivity index (χ1) is 6.74. The van der Waals surface area contributed by atoms with E-state index in [1.165, 1.54) is 19.4 Å². The Balaban J connectivity index is 2.25. The number of nitrogens with zero attached hydrogens (tertiary/aromatic N) is 3. The Morgan fingerprint density at radius 1 is 1.50 bits per heavy atom. The van der Waals surface area contributed by atoms with Gasteiger partial charge in [-0.1, -0.05) is 0 Å². The number of rotatable bonds is 5. The lowest BCUT2D eigenvalue weighted by atomic mass is 10.2. The highest BCUT2D eigenvalue weighted by molar-refractivity contribution is 4.81. The summed E-state index contributed by atoms with van der Waals surface area (Å²) in [6.07, 6.45) is 4.38. The average Bonchev–Trinajstić information content (AvgIpc) is 2.52.